The summed E-state index contributed by atoms with van der Waals surface area (Å²) in [6, 6.07) is 3.71. The van der Waals surface area contributed by atoms with Crippen molar-refractivity contribution >= 4 is 23.2 Å². The van der Waals surface area contributed by atoms with E-state index in [2.05, 4.69) is 0 Å². The fraction of sp³-hybridized carbons (Fsp3) is 0.600. The molecule has 0 unspecified atom stereocenters. The Hall–Kier alpha value is -1.40. The quantitative estimate of drug-likeness (QED) is 0.895. The molecule has 0 radical (unpaired) electrons. The van der Waals surface area contributed by atoms with Gasteiger partial charge in [-0.1, -0.05) is 6.07 Å². The van der Waals surface area contributed by atoms with Crippen molar-refractivity contribution in [1.29, 1.82) is 0 Å². The lowest BCUT2D eigenvalue weighted by Gasteiger charge is -2.33. The first kappa shape index (κ1) is 16.0. The van der Waals surface area contributed by atoms with Gasteiger partial charge in [-0.15, -0.1) is 11.3 Å². The lowest BCUT2D eigenvalue weighted by atomic mass is 9.95. The van der Waals surface area contributed by atoms with E-state index in [-0.39, 0.29) is 24.3 Å². The number of carbonyl (C=O) groups is 2. The molecule has 0 bridgehead atoms. The Bertz CT molecular complexity index is 467. The fourth-order valence-electron chi connectivity index (χ4n) is 2.69. The predicted molar refractivity (Wildman–Crippen MR) is 82.3 cm³/mol. The van der Waals surface area contributed by atoms with E-state index in [1.54, 1.807) is 4.90 Å². The van der Waals surface area contributed by atoms with Gasteiger partial charge in [0, 0.05) is 32.1 Å². The van der Waals surface area contributed by atoms with Crippen LogP contribution in [0.2, 0.25) is 0 Å². The van der Waals surface area contributed by atoms with Crippen LogP contribution in [0.15, 0.2) is 17.5 Å². The number of aliphatic hydroxyl groups is 1. The standard InChI is InChI=1S/C15H22N2O3S/c1-2-16(9-10-18)14(19)12-5-7-17(8-6-12)15(20)13-4-3-11-21-13/h3-4,11-12,18H,2,5-10H2,1H3. The van der Waals surface area contributed by atoms with Crippen molar-refractivity contribution in [2.45, 2.75) is 19.8 Å². The third-order valence-electron chi connectivity index (χ3n) is 3.93. The summed E-state index contributed by atoms with van der Waals surface area (Å²) in [6.07, 6.45) is 1.41. The summed E-state index contributed by atoms with van der Waals surface area (Å²) in [6.45, 7) is 4.18. The third-order valence-corrected chi connectivity index (χ3v) is 4.78. The molecule has 0 atom stereocenters. The Morgan fingerprint density at radius 2 is 2.14 bits per heavy atom. The molecule has 2 rings (SSSR count). The molecule has 1 fully saturated rings. The SMILES string of the molecule is CCN(CCO)C(=O)C1CCN(C(=O)c2cccs2)CC1. The maximum Gasteiger partial charge on any atom is 0.263 e. The molecule has 1 saturated heterocycles. The van der Waals surface area contributed by atoms with Crippen LogP contribution >= 0.6 is 11.3 Å². The molecule has 1 aromatic heterocycles. The van der Waals surface area contributed by atoms with E-state index in [0.29, 0.717) is 39.0 Å². The van der Waals surface area contributed by atoms with Crippen LogP contribution in [0.4, 0.5) is 0 Å². The molecule has 0 aromatic carbocycles. The summed E-state index contributed by atoms with van der Waals surface area (Å²) in [5, 5.41) is 10.9. The number of aliphatic hydroxyl groups excluding tert-OH is 1. The molecule has 2 amide bonds. The first-order valence-corrected chi connectivity index (χ1v) is 8.27. The second-order valence-electron chi connectivity index (χ2n) is 5.19. The topological polar surface area (TPSA) is 60.9 Å². The minimum absolute atomic E-state index is 0.00467. The number of likely N-dealkylation sites (N-methyl/N-ethyl adjacent to an activating group) is 1. The first-order valence-electron chi connectivity index (χ1n) is 7.39. The van der Waals surface area contributed by atoms with E-state index in [4.69, 9.17) is 5.11 Å². The highest BCUT2D eigenvalue weighted by Crippen LogP contribution is 2.22. The van der Waals surface area contributed by atoms with Gasteiger partial charge in [-0.05, 0) is 31.2 Å². The zero-order valence-corrected chi connectivity index (χ0v) is 13.1. The maximum absolute atomic E-state index is 12.3. The lowest BCUT2D eigenvalue weighted by Crippen LogP contribution is -2.45. The van der Waals surface area contributed by atoms with Crippen molar-refractivity contribution in [3.8, 4) is 0 Å². The number of hydrogen-bond acceptors (Lipinski definition) is 4. The molecule has 0 saturated carbocycles. The van der Waals surface area contributed by atoms with Gasteiger partial charge in [0.05, 0.1) is 11.5 Å². The van der Waals surface area contributed by atoms with Crippen molar-refractivity contribution in [1.82, 2.24) is 9.80 Å². The van der Waals surface area contributed by atoms with Gasteiger partial charge in [-0.2, -0.15) is 0 Å². The van der Waals surface area contributed by atoms with Crippen LogP contribution in [0.25, 0.3) is 0 Å². The Morgan fingerprint density at radius 3 is 2.67 bits per heavy atom. The minimum atomic E-state index is -0.0242. The largest absolute Gasteiger partial charge is 0.395 e. The van der Waals surface area contributed by atoms with Crippen molar-refractivity contribution < 1.29 is 14.7 Å². The van der Waals surface area contributed by atoms with Gasteiger partial charge in [-0.25, -0.2) is 0 Å². The van der Waals surface area contributed by atoms with Gasteiger partial charge >= 0.3 is 0 Å². The normalized spacial score (nSPS) is 16.0. The van der Waals surface area contributed by atoms with E-state index in [1.165, 1.54) is 11.3 Å². The van der Waals surface area contributed by atoms with E-state index in [0.717, 1.165) is 4.88 Å². The molecule has 1 aliphatic heterocycles. The van der Waals surface area contributed by atoms with Crippen molar-refractivity contribution in [3.05, 3.63) is 22.4 Å². The van der Waals surface area contributed by atoms with Gasteiger partial charge in [0.15, 0.2) is 0 Å². The molecule has 0 spiro atoms. The fourth-order valence-corrected chi connectivity index (χ4v) is 3.38. The molecular weight excluding hydrogens is 288 g/mol. The molecule has 2 heterocycles. The number of rotatable bonds is 5. The monoisotopic (exact) mass is 310 g/mol. The molecular formula is C15H22N2O3S. The van der Waals surface area contributed by atoms with Crippen LogP contribution in [0, 0.1) is 5.92 Å². The Balaban J connectivity index is 1.88. The highest BCUT2D eigenvalue weighted by Gasteiger charge is 2.30. The summed E-state index contributed by atoms with van der Waals surface area (Å²) in [5.74, 6) is 0.150. The summed E-state index contributed by atoms with van der Waals surface area (Å²) >= 11 is 1.45. The highest BCUT2D eigenvalue weighted by molar-refractivity contribution is 7.12. The first-order chi connectivity index (χ1) is 10.2. The number of carbonyl (C=O) groups excluding carboxylic acids is 2. The Kier molecular flexibility index (Phi) is 5.76. The van der Waals surface area contributed by atoms with Gasteiger partial charge in [0.25, 0.3) is 5.91 Å². The number of amides is 2. The van der Waals surface area contributed by atoms with E-state index in [9.17, 15) is 9.59 Å². The summed E-state index contributed by atoms with van der Waals surface area (Å²) in [4.78, 5) is 28.9. The van der Waals surface area contributed by atoms with E-state index >= 15 is 0 Å². The van der Waals surface area contributed by atoms with Crippen molar-refractivity contribution in [3.63, 3.8) is 0 Å². The van der Waals surface area contributed by atoms with Gasteiger partial charge in [0.2, 0.25) is 5.91 Å². The Morgan fingerprint density at radius 1 is 1.43 bits per heavy atom. The molecule has 116 valence electrons. The van der Waals surface area contributed by atoms with Gasteiger partial charge < -0.3 is 14.9 Å². The second kappa shape index (κ2) is 7.56. The Labute approximate surface area is 129 Å². The van der Waals surface area contributed by atoms with Gasteiger partial charge in [-0.3, -0.25) is 9.59 Å². The van der Waals surface area contributed by atoms with Crippen LogP contribution < -0.4 is 0 Å². The summed E-state index contributed by atoms with van der Waals surface area (Å²) < 4.78 is 0. The zero-order chi connectivity index (χ0) is 15.2. The van der Waals surface area contributed by atoms with Crippen LogP contribution in [-0.2, 0) is 4.79 Å². The molecule has 1 aromatic rings. The molecule has 5 nitrogen and oxygen atoms in total. The third kappa shape index (κ3) is 3.83. The molecule has 1 aliphatic rings. The van der Waals surface area contributed by atoms with Crippen LogP contribution in [0.3, 0.4) is 0 Å². The molecule has 0 aliphatic carbocycles. The number of likely N-dealkylation sites (tertiary alicyclic amines) is 1. The van der Waals surface area contributed by atoms with Crippen LogP contribution in [0.5, 0.6) is 0 Å². The smallest absolute Gasteiger partial charge is 0.263 e. The average molecular weight is 310 g/mol. The molecule has 1 N–H and O–H groups in total. The number of thiophene rings is 1. The van der Waals surface area contributed by atoms with E-state index in [1.807, 2.05) is 29.3 Å². The van der Waals surface area contributed by atoms with Crippen molar-refractivity contribution in [2.24, 2.45) is 5.92 Å². The van der Waals surface area contributed by atoms with Crippen LogP contribution in [-0.4, -0.2) is 59.5 Å². The molecule has 6 heteroatoms. The number of piperidine rings is 1. The van der Waals surface area contributed by atoms with Crippen LogP contribution in [0.1, 0.15) is 29.4 Å². The minimum Gasteiger partial charge on any atom is -0.395 e. The number of nitrogens with zero attached hydrogens (tertiary/aromatic N) is 2. The predicted octanol–water partition coefficient (Wildman–Crippen LogP) is 1.44. The van der Waals surface area contributed by atoms with Crippen molar-refractivity contribution in [2.75, 3.05) is 32.8 Å². The summed E-state index contributed by atoms with van der Waals surface area (Å²) in [7, 11) is 0. The lowest BCUT2D eigenvalue weighted by molar-refractivity contribution is -0.137. The van der Waals surface area contributed by atoms with Gasteiger partial charge in [0.1, 0.15) is 0 Å². The molecule has 21 heavy (non-hydrogen) atoms. The van der Waals surface area contributed by atoms with E-state index < -0.39 is 0 Å². The maximum atomic E-state index is 12.3. The average Bonchev–Trinajstić information content (AvgIpc) is 3.06. The second-order valence-corrected chi connectivity index (χ2v) is 6.13. The zero-order valence-electron chi connectivity index (χ0n) is 12.3. The number of hydrogen-bond donors (Lipinski definition) is 1. The highest BCUT2D eigenvalue weighted by atomic mass is 32.1. The summed E-state index contributed by atoms with van der Waals surface area (Å²) in [5.41, 5.74) is 0.